The number of likely N-dealkylation sites (tertiary alicyclic amines) is 2. The molecule has 2 aliphatic heterocycles. The lowest BCUT2D eigenvalue weighted by molar-refractivity contribution is 0.0635. The minimum Gasteiger partial charge on any atom is -0.338 e. The second kappa shape index (κ2) is 12.1. The fourth-order valence-corrected chi connectivity index (χ4v) is 4.73. The van der Waals surface area contributed by atoms with Gasteiger partial charge in [-0.05, 0) is 88.6 Å². The molecule has 3 rings (SSSR count). The lowest BCUT2D eigenvalue weighted by Crippen LogP contribution is -2.42. The summed E-state index contributed by atoms with van der Waals surface area (Å²) in [6.45, 7) is 10.0. The summed E-state index contributed by atoms with van der Waals surface area (Å²) in [6, 6.07) is 7.80. The molecule has 0 unspecified atom stereocenters. The van der Waals surface area contributed by atoms with E-state index in [4.69, 9.17) is 0 Å². The van der Waals surface area contributed by atoms with E-state index in [0.29, 0.717) is 19.1 Å². The molecular weight excluding hydrogens is 388 g/mol. The largest absolute Gasteiger partial charge is 0.338 e. The minimum absolute atomic E-state index is 0.114. The Hall–Kier alpha value is -2.08. The molecule has 0 spiro atoms. The lowest BCUT2D eigenvalue weighted by atomic mass is 10.0. The average Bonchev–Trinajstić information content (AvgIpc) is 2.78. The first-order valence-corrected chi connectivity index (χ1v) is 12.2. The fraction of sp³-hybridized carbons (Fsp3) is 0.680. The summed E-state index contributed by atoms with van der Waals surface area (Å²) in [7, 11) is 0. The average molecular weight is 429 g/mol. The van der Waals surface area contributed by atoms with Crippen molar-refractivity contribution in [1.82, 2.24) is 20.4 Å². The standard InChI is InChI=1S/C25H40N4O2/c1-20-8-7-16-28(19-20)15-6-4-14-26-25(31)27-18-22-10-12-23(13-11-22)24(30)29-17-5-3-9-21(29)2/h10-13,20-21H,3-9,14-19H2,1-2H3,(H2,26,27,31)/t20-,21-/m1/s1. The zero-order valence-corrected chi connectivity index (χ0v) is 19.4. The molecule has 0 radical (unpaired) electrons. The van der Waals surface area contributed by atoms with Crippen molar-refractivity contribution >= 4 is 11.9 Å². The van der Waals surface area contributed by atoms with Gasteiger partial charge in [0.25, 0.3) is 5.91 Å². The molecule has 2 fully saturated rings. The van der Waals surface area contributed by atoms with Gasteiger partial charge in [0, 0.05) is 37.8 Å². The molecule has 6 heteroatoms. The summed E-state index contributed by atoms with van der Waals surface area (Å²) in [5.41, 5.74) is 1.72. The number of piperidine rings is 2. The van der Waals surface area contributed by atoms with Gasteiger partial charge in [-0.25, -0.2) is 4.79 Å². The van der Waals surface area contributed by atoms with Gasteiger partial charge < -0.3 is 20.4 Å². The first kappa shape index (κ1) is 23.6. The van der Waals surface area contributed by atoms with Crippen LogP contribution in [-0.2, 0) is 6.54 Å². The smallest absolute Gasteiger partial charge is 0.315 e. The summed E-state index contributed by atoms with van der Waals surface area (Å²) in [6.07, 6.45) is 8.17. The van der Waals surface area contributed by atoms with E-state index in [-0.39, 0.29) is 11.9 Å². The Morgan fingerprint density at radius 3 is 2.52 bits per heavy atom. The molecule has 2 atom stereocenters. The number of carbonyl (C=O) groups excluding carboxylic acids is 2. The SMILES string of the molecule is C[C@@H]1CCCN(CCCCNC(=O)NCc2ccc(C(=O)N3CCCC[C@H]3C)cc2)C1. The molecule has 2 N–H and O–H groups in total. The molecule has 0 aromatic heterocycles. The molecule has 172 valence electrons. The second-order valence-electron chi connectivity index (χ2n) is 9.40. The van der Waals surface area contributed by atoms with Crippen molar-refractivity contribution in [2.24, 2.45) is 5.92 Å². The van der Waals surface area contributed by atoms with Crippen LogP contribution in [0.1, 0.15) is 74.7 Å². The Balaban J connectivity index is 1.30. The van der Waals surface area contributed by atoms with Crippen LogP contribution in [0.2, 0.25) is 0 Å². The van der Waals surface area contributed by atoms with Crippen molar-refractivity contribution in [3.8, 4) is 0 Å². The number of hydrogen-bond donors (Lipinski definition) is 2. The Kier molecular flexibility index (Phi) is 9.19. The minimum atomic E-state index is -0.131. The summed E-state index contributed by atoms with van der Waals surface area (Å²) in [5, 5.41) is 5.86. The number of carbonyl (C=O) groups is 2. The number of urea groups is 1. The van der Waals surface area contributed by atoms with E-state index in [1.54, 1.807) is 0 Å². The highest BCUT2D eigenvalue weighted by molar-refractivity contribution is 5.94. The maximum absolute atomic E-state index is 12.7. The summed E-state index contributed by atoms with van der Waals surface area (Å²) < 4.78 is 0. The van der Waals surface area contributed by atoms with Crippen LogP contribution in [0.3, 0.4) is 0 Å². The van der Waals surface area contributed by atoms with Crippen molar-refractivity contribution in [2.75, 3.05) is 32.7 Å². The topological polar surface area (TPSA) is 64.7 Å². The van der Waals surface area contributed by atoms with E-state index in [9.17, 15) is 9.59 Å². The normalized spacial score (nSPS) is 22.2. The first-order chi connectivity index (χ1) is 15.0. The Morgan fingerprint density at radius 1 is 0.968 bits per heavy atom. The molecule has 2 heterocycles. The van der Waals surface area contributed by atoms with Crippen molar-refractivity contribution in [2.45, 2.75) is 71.4 Å². The van der Waals surface area contributed by atoms with Gasteiger partial charge in [-0.1, -0.05) is 19.1 Å². The van der Waals surface area contributed by atoms with Crippen molar-refractivity contribution in [1.29, 1.82) is 0 Å². The summed E-state index contributed by atoms with van der Waals surface area (Å²) >= 11 is 0. The summed E-state index contributed by atoms with van der Waals surface area (Å²) in [4.78, 5) is 29.3. The van der Waals surface area contributed by atoms with Gasteiger partial charge in [-0.15, -0.1) is 0 Å². The molecule has 0 aliphatic carbocycles. The van der Waals surface area contributed by atoms with Gasteiger partial charge in [-0.2, -0.15) is 0 Å². The van der Waals surface area contributed by atoms with Crippen LogP contribution < -0.4 is 10.6 Å². The van der Waals surface area contributed by atoms with Crippen LogP contribution in [0.25, 0.3) is 0 Å². The third-order valence-electron chi connectivity index (χ3n) is 6.65. The van der Waals surface area contributed by atoms with Gasteiger partial charge in [0.15, 0.2) is 0 Å². The molecule has 3 amide bonds. The number of rotatable bonds is 8. The molecule has 1 aromatic rings. The lowest BCUT2D eigenvalue weighted by Gasteiger charge is -2.33. The van der Waals surface area contributed by atoms with Gasteiger partial charge in [0.1, 0.15) is 0 Å². The van der Waals surface area contributed by atoms with Crippen molar-refractivity contribution in [3.63, 3.8) is 0 Å². The maximum atomic E-state index is 12.7. The highest BCUT2D eigenvalue weighted by atomic mass is 16.2. The molecule has 2 saturated heterocycles. The van der Waals surface area contributed by atoms with Crippen LogP contribution in [-0.4, -0.2) is 60.5 Å². The molecule has 0 saturated carbocycles. The highest BCUT2D eigenvalue weighted by Crippen LogP contribution is 2.19. The quantitative estimate of drug-likeness (QED) is 0.615. The van der Waals surface area contributed by atoms with E-state index in [1.165, 1.54) is 32.4 Å². The van der Waals surface area contributed by atoms with Crippen LogP contribution in [0.5, 0.6) is 0 Å². The monoisotopic (exact) mass is 428 g/mol. The number of nitrogens with zero attached hydrogens (tertiary/aromatic N) is 2. The van der Waals surface area contributed by atoms with Gasteiger partial charge in [-0.3, -0.25) is 4.79 Å². The van der Waals surface area contributed by atoms with Crippen LogP contribution in [0.4, 0.5) is 4.79 Å². The van der Waals surface area contributed by atoms with Crippen LogP contribution in [0.15, 0.2) is 24.3 Å². The van der Waals surface area contributed by atoms with E-state index in [2.05, 4.69) is 29.4 Å². The van der Waals surface area contributed by atoms with Crippen LogP contribution in [0, 0.1) is 5.92 Å². The Bertz CT molecular complexity index is 706. The third-order valence-corrected chi connectivity index (χ3v) is 6.65. The number of nitrogens with one attached hydrogen (secondary N) is 2. The maximum Gasteiger partial charge on any atom is 0.315 e. The molecule has 1 aromatic carbocycles. The van der Waals surface area contributed by atoms with Gasteiger partial charge in [0.05, 0.1) is 0 Å². The van der Waals surface area contributed by atoms with Crippen molar-refractivity contribution < 1.29 is 9.59 Å². The predicted octanol–water partition coefficient (Wildman–Crippen LogP) is 4.01. The Morgan fingerprint density at radius 2 is 1.77 bits per heavy atom. The molecule has 2 aliphatic rings. The van der Waals surface area contributed by atoms with E-state index >= 15 is 0 Å². The molecule has 6 nitrogen and oxygen atoms in total. The number of benzene rings is 1. The Labute approximate surface area is 187 Å². The van der Waals surface area contributed by atoms with Gasteiger partial charge in [0.2, 0.25) is 0 Å². The van der Waals surface area contributed by atoms with Crippen LogP contribution >= 0.6 is 0 Å². The number of amides is 3. The zero-order chi connectivity index (χ0) is 22.1. The molecule has 0 bridgehead atoms. The number of hydrogen-bond acceptors (Lipinski definition) is 3. The van der Waals surface area contributed by atoms with E-state index in [0.717, 1.165) is 55.8 Å². The van der Waals surface area contributed by atoms with Crippen molar-refractivity contribution in [3.05, 3.63) is 35.4 Å². The zero-order valence-electron chi connectivity index (χ0n) is 19.4. The second-order valence-corrected chi connectivity index (χ2v) is 9.40. The predicted molar refractivity (Wildman–Crippen MR) is 125 cm³/mol. The fourth-order valence-electron chi connectivity index (χ4n) is 4.73. The van der Waals surface area contributed by atoms with E-state index in [1.807, 2.05) is 29.2 Å². The highest BCUT2D eigenvalue weighted by Gasteiger charge is 2.24. The summed E-state index contributed by atoms with van der Waals surface area (Å²) in [5.74, 6) is 0.932. The number of unbranched alkanes of at least 4 members (excludes halogenated alkanes) is 1. The third kappa shape index (κ3) is 7.53. The molecular formula is C25H40N4O2. The first-order valence-electron chi connectivity index (χ1n) is 12.2. The van der Waals surface area contributed by atoms with Gasteiger partial charge >= 0.3 is 6.03 Å². The molecule has 31 heavy (non-hydrogen) atoms. The van der Waals surface area contributed by atoms with E-state index < -0.39 is 0 Å².